The van der Waals surface area contributed by atoms with Gasteiger partial charge >= 0.3 is 5.97 Å². The number of ether oxygens (including phenoxy) is 1. The van der Waals surface area contributed by atoms with Gasteiger partial charge in [0, 0.05) is 0 Å². The molecule has 0 bridgehead atoms. The van der Waals surface area contributed by atoms with Gasteiger partial charge in [-0.3, -0.25) is 0 Å². The summed E-state index contributed by atoms with van der Waals surface area (Å²) in [5, 5.41) is 9.01. The highest BCUT2D eigenvalue weighted by Gasteiger charge is 2.11. The molecule has 2 aromatic carbocycles. The molecule has 3 rings (SSSR count). The summed E-state index contributed by atoms with van der Waals surface area (Å²) in [5.74, 6) is -0.198. The molecule has 0 aromatic heterocycles. The largest absolute Gasteiger partial charge is 0.489 e. The van der Waals surface area contributed by atoms with Crippen LogP contribution < -0.4 is 4.74 Å². The van der Waals surface area contributed by atoms with E-state index in [9.17, 15) is 4.79 Å². The summed E-state index contributed by atoms with van der Waals surface area (Å²) < 4.78 is 5.77. The van der Waals surface area contributed by atoms with Crippen LogP contribution in [0.3, 0.4) is 0 Å². The number of carboxylic acid groups (broad SMARTS) is 1. The van der Waals surface area contributed by atoms with Crippen molar-refractivity contribution in [3.8, 4) is 5.75 Å². The summed E-state index contributed by atoms with van der Waals surface area (Å²) >= 11 is 0. The highest BCUT2D eigenvalue weighted by Crippen LogP contribution is 2.24. The van der Waals surface area contributed by atoms with Crippen LogP contribution in [-0.4, -0.2) is 11.1 Å². The van der Waals surface area contributed by atoms with E-state index >= 15 is 0 Å². The zero-order chi connectivity index (χ0) is 14.8. The lowest BCUT2D eigenvalue weighted by molar-refractivity contribution is 0.0696. The maximum absolute atomic E-state index is 11.0. The third-order valence-electron chi connectivity index (χ3n) is 4.00. The fourth-order valence-electron chi connectivity index (χ4n) is 2.85. The van der Waals surface area contributed by atoms with Crippen molar-refractivity contribution >= 4 is 5.97 Å². The number of carbonyl (C=O) groups is 1. The molecule has 1 aliphatic rings. The van der Waals surface area contributed by atoms with Gasteiger partial charge in [0.2, 0.25) is 0 Å². The quantitative estimate of drug-likeness (QED) is 0.928. The number of rotatable bonds is 4. The summed E-state index contributed by atoms with van der Waals surface area (Å²) in [5.41, 5.74) is 5.10. The minimum absolute atomic E-state index is 0.319. The molecule has 0 unspecified atom stereocenters. The van der Waals surface area contributed by atoms with Crippen LogP contribution in [0.5, 0.6) is 5.75 Å². The van der Waals surface area contributed by atoms with Crippen molar-refractivity contribution in [2.45, 2.75) is 32.8 Å². The highest BCUT2D eigenvalue weighted by atomic mass is 16.5. The van der Waals surface area contributed by atoms with E-state index in [1.54, 1.807) is 25.1 Å². The number of hydrogen-bond donors (Lipinski definition) is 1. The number of aryl methyl sites for hydroxylation is 3. The first-order valence-corrected chi connectivity index (χ1v) is 7.21. The molecule has 3 nitrogen and oxygen atoms in total. The molecule has 1 N–H and O–H groups in total. The Morgan fingerprint density at radius 1 is 1.14 bits per heavy atom. The summed E-state index contributed by atoms with van der Waals surface area (Å²) in [6.45, 7) is 2.30. The van der Waals surface area contributed by atoms with Crippen LogP contribution >= 0.6 is 0 Å². The van der Waals surface area contributed by atoms with E-state index in [0.29, 0.717) is 23.5 Å². The maximum Gasteiger partial charge on any atom is 0.335 e. The van der Waals surface area contributed by atoms with Crippen LogP contribution in [0, 0.1) is 6.92 Å². The topological polar surface area (TPSA) is 46.5 Å². The molecule has 2 aromatic rings. The van der Waals surface area contributed by atoms with Gasteiger partial charge in [0.15, 0.2) is 0 Å². The predicted molar refractivity (Wildman–Crippen MR) is 80.9 cm³/mol. The van der Waals surface area contributed by atoms with Gasteiger partial charge in [-0.15, -0.1) is 0 Å². The van der Waals surface area contributed by atoms with Gasteiger partial charge in [0.1, 0.15) is 12.4 Å². The Labute approximate surface area is 124 Å². The van der Waals surface area contributed by atoms with Gasteiger partial charge in [-0.25, -0.2) is 4.79 Å². The predicted octanol–water partition coefficient (Wildman–Crippen LogP) is 3.76. The monoisotopic (exact) mass is 282 g/mol. The van der Waals surface area contributed by atoms with E-state index in [0.717, 1.165) is 12.0 Å². The lowest BCUT2D eigenvalue weighted by Gasteiger charge is -2.09. The molecule has 3 heteroatoms. The normalized spacial score (nSPS) is 13.0. The summed E-state index contributed by atoms with van der Waals surface area (Å²) in [7, 11) is 0. The standard InChI is InChI=1S/C18H18O3/c1-12-9-16(7-8-17(12)18(19)20)21-11-13-5-6-14-3-2-4-15(14)10-13/h5-10H,2-4,11H2,1H3,(H,19,20). The molecule has 108 valence electrons. The first-order valence-electron chi connectivity index (χ1n) is 7.21. The van der Waals surface area contributed by atoms with Crippen molar-refractivity contribution in [3.05, 3.63) is 64.2 Å². The van der Waals surface area contributed by atoms with E-state index in [2.05, 4.69) is 18.2 Å². The average molecular weight is 282 g/mol. The third kappa shape index (κ3) is 2.92. The fraction of sp³-hybridized carbons (Fsp3) is 0.278. The summed E-state index contributed by atoms with van der Waals surface area (Å²) in [6.07, 6.45) is 3.59. The zero-order valence-electron chi connectivity index (χ0n) is 12.1. The number of aromatic carboxylic acids is 1. The van der Waals surface area contributed by atoms with Crippen LogP contribution in [-0.2, 0) is 19.4 Å². The Morgan fingerprint density at radius 2 is 1.95 bits per heavy atom. The van der Waals surface area contributed by atoms with Crippen molar-refractivity contribution in [2.75, 3.05) is 0 Å². The van der Waals surface area contributed by atoms with Gasteiger partial charge in [-0.05, 0) is 66.6 Å². The van der Waals surface area contributed by atoms with Crippen LogP contribution in [0.25, 0.3) is 0 Å². The van der Waals surface area contributed by atoms with Gasteiger partial charge < -0.3 is 9.84 Å². The molecule has 0 radical (unpaired) electrons. The molecule has 0 atom stereocenters. The number of hydrogen-bond acceptors (Lipinski definition) is 2. The lowest BCUT2D eigenvalue weighted by atomic mass is 10.1. The minimum Gasteiger partial charge on any atom is -0.489 e. The smallest absolute Gasteiger partial charge is 0.335 e. The first-order chi connectivity index (χ1) is 10.1. The van der Waals surface area contributed by atoms with Gasteiger partial charge in [0.25, 0.3) is 0 Å². The van der Waals surface area contributed by atoms with Gasteiger partial charge in [-0.1, -0.05) is 18.2 Å². The van der Waals surface area contributed by atoms with Crippen molar-refractivity contribution in [1.29, 1.82) is 0 Å². The maximum atomic E-state index is 11.0. The van der Waals surface area contributed by atoms with Crippen molar-refractivity contribution < 1.29 is 14.6 Å². The van der Waals surface area contributed by atoms with Crippen LogP contribution in [0.15, 0.2) is 36.4 Å². The van der Waals surface area contributed by atoms with Gasteiger partial charge in [-0.2, -0.15) is 0 Å². The number of fused-ring (bicyclic) bond motifs is 1. The molecule has 0 fully saturated rings. The summed E-state index contributed by atoms with van der Waals surface area (Å²) in [4.78, 5) is 11.0. The Kier molecular flexibility index (Phi) is 3.65. The van der Waals surface area contributed by atoms with E-state index in [1.807, 2.05) is 0 Å². The SMILES string of the molecule is Cc1cc(OCc2ccc3c(c2)CCC3)ccc1C(=O)O. The molecule has 0 heterocycles. The van der Waals surface area contributed by atoms with E-state index in [1.165, 1.54) is 24.0 Å². The molecular formula is C18H18O3. The highest BCUT2D eigenvalue weighted by molar-refractivity contribution is 5.89. The molecule has 0 aliphatic heterocycles. The third-order valence-corrected chi connectivity index (χ3v) is 4.00. The van der Waals surface area contributed by atoms with E-state index in [4.69, 9.17) is 9.84 Å². The van der Waals surface area contributed by atoms with E-state index in [-0.39, 0.29) is 0 Å². The number of carboxylic acids is 1. The van der Waals surface area contributed by atoms with Crippen molar-refractivity contribution in [1.82, 2.24) is 0 Å². The van der Waals surface area contributed by atoms with Gasteiger partial charge in [0.05, 0.1) is 5.56 Å². The van der Waals surface area contributed by atoms with E-state index < -0.39 is 5.97 Å². The molecule has 21 heavy (non-hydrogen) atoms. The zero-order valence-corrected chi connectivity index (χ0v) is 12.1. The molecule has 0 spiro atoms. The lowest BCUT2D eigenvalue weighted by Crippen LogP contribution is -2.01. The Morgan fingerprint density at radius 3 is 2.71 bits per heavy atom. The molecule has 0 saturated carbocycles. The van der Waals surface area contributed by atoms with Crippen molar-refractivity contribution in [2.24, 2.45) is 0 Å². The Bertz CT molecular complexity index is 689. The summed E-state index contributed by atoms with van der Waals surface area (Å²) in [6, 6.07) is 11.6. The second kappa shape index (κ2) is 5.60. The van der Waals surface area contributed by atoms with Crippen molar-refractivity contribution in [3.63, 3.8) is 0 Å². The second-order valence-electron chi connectivity index (χ2n) is 5.53. The average Bonchev–Trinajstić information content (AvgIpc) is 2.92. The van der Waals surface area contributed by atoms with Crippen LogP contribution in [0.1, 0.15) is 39.0 Å². The molecule has 0 saturated heterocycles. The molecular weight excluding hydrogens is 264 g/mol. The molecule has 1 aliphatic carbocycles. The molecule has 0 amide bonds. The first kappa shape index (κ1) is 13.7. The Hall–Kier alpha value is -2.29. The minimum atomic E-state index is -0.905. The number of benzene rings is 2. The fourth-order valence-corrected chi connectivity index (χ4v) is 2.85. The second-order valence-corrected chi connectivity index (χ2v) is 5.53. The van der Waals surface area contributed by atoms with Crippen LogP contribution in [0.4, 0.5) is 0 Å². The van der Waals surface area contributed by atoms with Crippen LogP contribution in [0.2, 0.25) is 0 Å². The Balaban J connectivity index is 1.70.